The van der Waals surface area contributed by atoms with Gasteiger partial charge in [0.1, 0.15) is 46.9 Å². The molecule has 6 rings (SSSR count). The average Bonchev–Trinajstić information content (AvgIpc) is 3.73. The largest absolute Gasteiger partial charge is 0.468 e. The van der Waals surface area contributed by atoms with Crippen LogP contribution in [0.3, 0.4) is 0 Å². The van der Waals surface area contributed by atoms with E-state index < -0.39 is 123 Å². The number of rotatable bonds is 20. The van der Waals surface area contributed by atoms with Gasteiger partial charge in [-0.2, -0.15) is 10.2 Å². The highest BCUT2D eigenvalue weighted by molar-refractivity contribution is 7.52. The van der Waals surface area contributed by atoms with Gasteiger partial charge in [-0.1, -0.05) is 46.6 Å². The molecule has 6 N–H and O–H groups in total. The lowest BCUT2D eigenvalue weighted by atomic mass is 9.93. The van der Waals surface area contributed by atoms with E-state index in [9.17, 15) is 48.1 Å². The topological polar surface area (TPSA) is 414 Å². The Morgan fingerprint density at radius 1 is 0.694 bits per heavy atom. The number of hydrogen-bond donors (Lipinski definition) is 6. The van der Waals surface area contributed by atoms with E-state index in [0.717, 1.165) is 47.9 Å². The van der Waals surface area contributed by atoms with Crippen LogP contribution in [0.15, 0.2) is 115 Å². The standard InChI is InChI=1S/2C20H25N6O9P/c2*1-12(17(29)32-3)23-36(31,35-13-7-5-4-6-8-13)33-11-14-16(28)20(2,24-25-21)18(34-14)26-10-9-15(27)22-19(26)30/h2*4-10,12,14,16,18,28H,11H2,1-3H3,(H,23,31)(H,22,27,30)/t12-,14+,16+,18+,20+,36+;12-,14+,16+,18+,20+,36-/m00/s1. The van der Waals surface area contributed by atoms with Crippen LogP contribution in [-0.4, -0.2) is 116 Å². The van der Waals surface area contributed by atoms with Crippen LogP contribution in [0.2, 0.25) is 0 Å². The zero-order valence-electron chi connectivity index (χ0n) is 39.0. The summed E-state index contributed by atoms with van der Waals surface area (Å²) in [4.78, 5) is 80.9. The number of carbonyl (C=O) groups excluding carboxylic acids is 2. The number of methoxy groups -OCH3 is 2. The summed E-state index contributed by atoms with van der Waals surface area (Å²) in [6.45, 7) is 4.31. The Kier molecular flexibility index (Phi) is 18.7. The second-order valence-electron chi connectivity index (χ2n) is 16.0. The molecule has 72 heavy (non-hydrogen) atoms. The fraction of sp³-hybridized carbons (Fsp3) is 0.450. The van der Waals surface area contributed by atoms with Crippen molar-refractivity contribution in [2.45, 2.75) is 87.7 Å². The van der Waals surface area contributed by atoms with Crippen molar-refractivity contribution < 1.29 is 66.0 Å². The fourth-order valence-corrected chi connectivity index (χ4v) is 10.1. The number of nitrogens with one attached hydrogen (secondary N) is 4. The van der Waals surface area contributed by atoms with E-state index >= 15 is 0 Å². The van der Waals surface area contributed by atoms with Gasteiger partial charge in [-0.3, -0.25) is 47.3 Å². The van der Waals surface area contributed by atoms with Crippen LogP contribution in [0.5, 0.6) is 11.5 Å². The Balaban J connectivity index is 0.000000267. The molecule has 0 radical (unpaired) electrons. The molecule has 2 aliphatic rings. The number of hydrogen-bond acceptors (Lipinski definition) is 20. The Morgan fingerprint density at radius 3 is 1.35 bits per heavy atom. The molecule has 2 saturated heterocycles. The Morgan fingerprint density at radius 2 is 1.04 bits per heavy atom. The fourth-order valence-electron chi connectivity index (χ4n) is 7.09. The molecule has 32 heteroatoms. The maximum atomic E-state index is 13.5. The highest BCUT2D eigenvalue weighted by Crippen LogP contribution is 2.49. The SMILES string of the molecule is COC(=O)[C@H](C)N[P@@](=O)(OC[C@H]1O[C@@H](n2ccc(=O)[nH]c2=O)[C@](C)(N=[N+]=[N-])[C@@H]1O)Oc1ccccc1.COC(=O)[C@H](C)N[P@](=O)(OC[C@H]1O[C@@H](n2ccc(=O)[nH]c2=O)[C@](C)(N=[N+]=[N-])[C@@H]1O)Oc1ccccc1. The third-order valence-corrected chi connectivity index (χ3v) is 14.1. The quantitative estimate of drug-likeness (QED) is 0.0243. The van der Waals surface area contributed by atoms with Crippen LogP contribution in [0.4, 0.5) is 0 Å². The third kappa shape index (κ3) is 13.3. The lowest BCUT2D eigenvalue weighted by Crippen LogP contribution is -2.45. The number of nitrogens with zero attached hydrogens (tertiary/aromatic N) is 8. The summed E-state index contributed by atoms with van der Waals surface area (Å²) in [6, 6.07) is 15.9. The van der Waals surface area contributed by atoms with Crippen molar-refractivity contribution in [2.24, 2.45) is 10.2 Å². The van der Waals surface area contributed by atoms with Crippen LogP contribution < -0.4 is 41.7 Å². The van der Waals surface area contributed by atoms with E-state index in [0.29, 0.717) is 0 Å². The van der Waals surface area contributed by atoms with E-state index in [1.54, 1.807) is 36.4 Å². The van der Waals surface area contributed by atoms with Gasteiger partial charge in [0.2, 0.25) is 0 Å². The molecule has 4 aromatic rings. The number of carbonyl (C=O) groups is 2. The van der Waals surface area contributed by atoms with Gasteiger partial charge in [0, 0.05) is 34.3 Å². The molecular formula is C40H50N12O18P2. The van der Waals surface area contributed by atoms with Gasteiger partial charge in [-0.25, -0.2) is 18.7 Å². The van der Waals surface area contributed by atoms with Gasteiger partial charge >= 0.3 is 38.8 Å². The normalized spacial score (nSPS) is 25.8. The highest BCUT2D eigenvalue weighted by Gasteiger charge is 2.56. The van der Waals surface area contributed by atoms with E-state index in [-0.39, 0.29) is 11.5 Å². The molecule has 388 valence electrons. The molecule has 2 fully saturated rings. The number of para-hydroxylation sites is 2. The molecule has 0 saturated carbocycles. The average molecular weight is 1050 g/mol. The minimum absolute atomic E-state index is 0.162. The number of H-pyrrole nitrogens is 2. The molecule has 2 aromatic carbocycles. The summed E-state index contributed by atoms with van der Waals surface area (Å²) in [5.74, 6) is -1.15. The summed E-state index contributed by atoms with van der Waals surface area (Å²) in [5.41, 5.74) is 11.6. The lowest BCUT2D eigenvalue weighted by molar-refractivity contribution is -0.143. The molecule has 0 unspecified atom stereocenters. The number of aliphatic hydroxyl groups is 2. The Bertz CT molecular complexity index is 2790. The first kappa shape index (κ1) is 56.0. The molecule has 2 aliphatic heterocycles. The van der Waals surface area contributed by atoms with Gasteiger partial charge in [-0.05, 0) is 63.0 Å². The molecule has 4 heterocycles. The van der Waals surface area contributed by atoms with Crippen LogP contribution in [0.1, 0.15) is 40.2 Å². The molecule has 0 spiro atoms. The summed E-state index contributed by atoms with van der Waals surface area (Å²) in [6.07, 6.45) is -6.08. The first-order valence-electron chi connectivity index (χ1n) is 21.2. The van der Waals surface area contributed by atoms with Gasteiger partial charge in [0.15, 0.2) is 12.5 Å². The van der Waals surface area contributed by atoms with E-state index in [2.05, 4.69) is 49.7 Å². The molecular weight excluding hydrogens is 998 g/mol. The molecule has 2 aromatic heterocycles. The summed E-state index contributed by atoms with van der Waals surface area (Å²) in [5, 5.41) is 34.0. The predicted molar refractivity (Wildman–Crippen MR) is 248 cm³/mol. The molecule has 0 amide bonds. The van der Waals surface area contributed by atoms with Crippen molar-refractivity contribution >= 4 is 27.4 Å². The maximum absolute atomic E-state index is 13.5. The number of azide groups is 2. The first-order chi connectivity index (χ1) is 34.0. The Labute approximate surface area is 406 Å². The van der Waals surface area contributed by atoms with E-state index in [4.69, 9.17) is 38.6 Å². The second kappa shape index (κ2) is 24.0. The third-order valence-electron chi connectivity index (χ3n) is 10.8. The van der Waals surface area contributed by atoms with Crippen LogP contribution in [0.25, 0.3) is 20.9 Å². The van der Waals surface area contributed by atoms with Gasteiger partial charge in [-0.15, -0.1) is 0 Å². The minimum atomic E-state index is -4.27. The number of aromatic nitrogens is 4. The monoisotopic (exact) mass is 1050 g/mol. The first-order valence-corrected chi connectivity index (χ1v) is 24.3. The number of aliphatic hydroxyl groups excluding tert-OH is 2. The predicted octanol–water partition coefficient (Wildman–Crippen LogP) is 2.44. The van der Waals surface area contributed by atoms with Gasteiger partial charge in [0.25, 0.3) is 11.1 Å². The van der Waals surface area contributed by atoms with Crippen LogP contribution in [-0.2, 0) is 46.7 Å². The second-order valence-corrected chi connectivity index (χ2v) is 19.3. The van der Waals surface area contributed by atoms with Crippen molar-refractivity contribution in [3.05, 3.63) is 148 Å². The molecule has 0 bridgehead atoms. The maximum Gasteiger partial charge on any atom is 0.459 e. The van der Waals surface area contributed by atoms with Gasteiger partial charge in [0.05, 0.1) is 39.6 Å². The zero-order valence-corrected chi connectivity index (χ0v) is 40.8. The molecule has 30 nitrogen and oxygen atoms in total. The summed E-state index contributed by atoms with van der Waals surface area (Å²) >= 11 is 0. The minimum Gasteiger partial charge on any atom is -0.468 e. The van der Waals surface area contributed by atoms with E-state index in [1.165, 1.54) is 52.0 Å². The highest BCUT2D eigenvalue weighted by atomic mass is 31.2. The van der Waals surface area contributed by atoms with Crippen LogP contribution in [0, 0.1) is 0 Å². The summed E-state index contributed by atoms with van der Waals surface area (Å²) < 4.78 is 71.8. The molecule has 0 aliphatic carbocycles. The zero-order chi connectivity index (χ0) is 53.0. The van der Waals surface area contributed by atoms with Crippen molar-refractivity contribution in [3.63, 3.8) is 0 Å². The molecule has 12 atom stereocenters. The van der Waals surface area contributed by atoms with E-state index in [1.807, 2.05) is 0 Å². The van der Waals surface area contributed by atoms with Crippen molar-refractivity contribution in [3.8, 4) is 11.5 Å². The van der Waals surface area contributed by atoms with Gasteiger partial charge < -0.3 is 38.2 Å². The summed E-state index contributed by atoms with van der Waals surface area (Å²) in [7, 11) is -6.23. The van der Waals surface area contributed by atoms with Crippen molar-refractivity contribution in [1.29, 1.82) is 0 Å². The van der Waals surface area contributed by atoms with Crippen molar-refractivity contribution in [1.82, 2.24) is 29.3 Å². The Hall–Kier alpha value is -6.90. The number of esters is 2. The number of aromatic amines is 2. The lowest BCUT2D eigenvalue weighted by Gasteiger charge is -2.28. The van der Waals surface area contributed by atoms with Crippen molar-refractivity contribution in [2.75, 3.05) is 27.4 Å². The number of ether oxygens (including phenoxy) is 4. The number of benzene rings is 2. The smallest absolute Gasteiger partial charge is 0.459 e. The van der Waals surface area contributed by atoms with Crippen LogP contribution >= 0.6 is 15.5 Å².